The van der Waals surface area contributed by atoms with Gasteiger partial charge in [0.25, 0.3) is 0 Å². The minimum atomic E-state index is -0.0262. The van der Waals surface area contributed by atoms with Crippen LogP contribution >= 0.6 is 11.3 Å². The molecular weight excluding hydrogens is 362 g/mol. The van der Waals surface area contributed by atoms with Gasteiger partial charge < -0.3 is 27.2 Å². The molecule has 0 saturated carbocycles. The average Bonchev–Trinajstić information content (AvgIpc) is 3.12. The lowest BCUT2D eigenvalue weighted by Crippen LogP contribution is -2.11. The minimum Gasteiger partial charge on any atom is -0.404 e. The third-order valence-corrected chi connectivity index (χ3v) is 5.35. The van der Waals surface area contributed by atoms with Gasteiger partial charge in [-0.1, -0.05) is 0 Å². The first-order chi connectivity index (χ1) is 13.1. The summed E-state index contributed by atoms with van der Waals surface area (Å²) >= 11 is 1.74. The lowest BCUT2D eigenvalue weighted by molar-refractivity contribution is 0.307. The summed E-state index contributed by atoms with van der Waals surface area (Å²) in [5, 5.41) is 15.4. The van der Waals surface area contributed by atoms with E-state index in [1.165, 1.54) is 21.5 Å². The Bertz CT molecular complexity index is 888. The third kappa shape index (κ3) is 4.44. The second kappa shape index (κ2) is 8.65. The molecule has 0 aromatic carbocycles. The van der Waals surface area contributed by atoms with Crippen LogP contribution in [0.4, 0.5) is 11.6 Å². The van der Waals surface area contributed by atoms with Gasteiger partial charge in [-0.05, 0) is 30.8 Å². The molecule has 3 rings (SSSR count). The summed E-state index contributed by atoms with van der Waals surface area (Å²) in [6, 6.07) is 2.21. The number of rotatable bonds is 7. The quantitative estimate of drug-likeness (QED) is 0.458. The Hall–Kier alpha value is -2.91. The van der Waals surface area contributed by atoms with Crippen LogP contribution in [0.2, 0.25) is 0 Å². The standard InChI is InChI=1S/C18H23N7OS/c1-11(16-6-12-8-21-3-2-15(12)27-16)24-18-17(20)23-10-14(25-18)13(7-19)9-22-4-5-26/h2-3,6-7,9-11,21,26H,4-5,8,19H2,1H3,(H2,20,23)(H,24,25). The van der Waals surface area contributed by atoms with Gasteiger partial charge >= 0.3 is 0 Å². The van der Waals surface area contributed by atoms with Crippen molar-refractivity contribution in [2.24, 2.45) is 10.7 Å². The molecule has 1 aliphatic heterocycles. The number of aliphatic hydroxyl groups is 1. The van der Waals surface area contributed by atoms with Gasteiger partial charge in [0.2, 0.25) is 0 Å². The molecule has 0 aliphatic carbocycles. The Morgan fingerprint density at radius 1 is 1.56 bits per heavy atom. The summed E-state index contributed by atoms with van der Waals surface area (Å²) in [5.41, 5.74) is 14.1. The zero-order valence-corrected chi connectivity index (χ0v) is 15.8. The highest BCUT2D eigenvalue weighted by atomic mass is 32.1. The van der Waals surface area contributed by atoms with E-state index in [9.17, 15) is 0 Å². The fourth-order valence-corrected chi connectivity index (χ4v) is 3.69. The van der Waals surface area contributed by atoms with Crippen molar-refractivity contribution in [2.75, 3.05) is 24.2 Å². The molecule has 2 aromatic heterocycles. The van der Waals surface area contributed by atoms with Gasteiger partial charge in [0.1, 0.15) is 0 Å². The molecule has 9 heteroatoms. The van der Waals surface area contributed by atoms with Crippen LogP contribution in [-0.4, -0.2) is 34.4 Å². The highest BCUT2D eigenvalue weighted by Crippen LogP contribution is 2.32. The van der Waals surface area contributed by atoms with Crippen LogP contribution in [0.5, 0.6) is 0 Å². The van der Waals surface area contributed by atoms with Gasteiger partial charge in [0, 0.05) is 34.3 Å². The van der Waals surface area contributed by atoms with E-state index in [2.05, 4.69) is 44.7 Å². The van der Waals surface area contributed by atoms with Gasteiger partial charge in [-0.25, -0.2) is 9.97 Å². The number of aromatic nitrogens is 2. The van der Waals surface area contributed by atoms with Crippen molar-refractivity contribution in [3.63, 3.8) is 0 Å². The smallest absolute Gasteiger partial charge is 0.170 e. The molecule has 0 bridgehead atoms. The summed E-state index contributed by atoms with van der Waals surface area (Å²) < 4.78 is 0. The number of nitrogens with two attached hydrogens (primary N) is 2. The van der Waals surface area contributed by atoms with Crippen LogP contribution in [0, 0.1) is 0 Å². The summed E-state index contributed by atoms with van der Waals surface area (Å²) in [6.45, 7) is 3.17. The van der Waals surface area contributed by atoms with E-state index < -0.39 is 0 Å². The molecule has 1 aliphatic rings. The van der Waals surface area contributed by atoms with Crippen molar-refractivity contribution in [3.8, 4) is 0 Å². The summed E-state index contributed by atoms with van der Waals surface area (Å²) in [4.78, 5) is 15.3. The van der Waals surface area contributed by atoms with Gasteiger partial charge in [0.05, 0.1) is 31.1 Å². The normalized spacial score (nSPS) is 14.8. The van der Waals surface area contributed by atoms with Crippen molar-refractivity contribution < 1.29 is 5.11 Å². The number of hydrogen-bond donors (Lipinski definition) is 5. The van der Waals surface area contributed by atoms with E-state index >= 15 is 0 Å². The first kappa shape index (κ1) is 18.9. The van der Waals surface area contributed by atoms with Crippen molar-refractivity contribution in [1.29, 1.82) is 0 Å². The van der Waals surface area contributed by atoms with E-state index in [0.29, 0.717) is 29.4 Å². The summed E-state index contributed by atoms with van der Waals surface area (Å²) in [6.07, 6.45) is 8.57. The van der Waals surface area contributed by atoms with Gasteiger partial charge in [0.15, 0.2) is 11.6 Å². The lowest BCUT2D eigenvalue weighted by atomic mass is 10.1. The molecule has 0 fully saturated rings. The number of nitrogen functional groups attached to an aromatic ring is 1. The predicted octanol–water partition coefficient (Wildman–Crippen LogP) is 1.73. The summed E-state index contributed by atoms with van der Waals surface area (Å²) in [5.74, 6) is 0.812. The largest absolute Gasteiger partial charge is 0.404 e. The van der Waals surface area contributed by atoms with E-state index in [-0.39, 0.29) is 12.6 Å². The zero-order valence-electron chi connectivity index (χ0n) is 15.0. The van der Waals surface area contributed by atoms with E-state index in [1.807, 2.05) is 6.20 Å². The maximum Gasteiger partial charge on any atom is 0.170 e. The SMILES string of the molecule is CC(Nc1nc(C(C=NCCO)=CN)cnc1N)c1cc2c(s1)C=CNC2. The van der Waals surface area contributed by atoms with Crippen molar-refractivity contribution in [2.45, 2.75) is 19.5 Å². The molecule has 1 unspecified atom stereocenters. The lowest BCUT2D eigenvalue weighted by Gasteiger charge is -2.15. The van der Waals surface area contributed by atoms with E-state index in [4.69, 9.17) is 16.6 Å². The molecule has 0 spiro atoms. The number of thiophene rings is 1. The maximum atomic E-state index is 8.85. The number of aliphatic hydroxyl groups excluding tert-OH is 1. The Morgan fingerprint density at radius 2 is 2.41 bits per heavy atom. The monoisotopic (exact) mass is 385 g/mol. The molecule has 142 valence electrons. The van der Waals surface area contributed by atoms with Crippen molar-refractivity contribution >= 4 is 40.8 Å². The second-order valence-electron chi connectivity index (χ2n) is 5.99. The number of anilines is 2. The Kier molecular flexibility index (Phi) is 6.05. The third-order valence-electron chi connectivity index (χ3n) is 4.02. The highest BCUT2D eigenvalue weighted by Gasteiger charge is 2.16. The topological polar surface area (TPSA) is 134 Å². The molecule has 1 atom stereocenters. The predicted molar refractivity (Wildman–Crippen MR) is 111 cm³/mol. The first-order valence-corrected chi connectivity index (χ1v) is 9.38. The Balaban J connectivity index is 1.80. The number of allylic oxidation sites excluding steroid dienone is 1. The molecular formula is C18H23N7OS. The van der Waals surface area contributed by atoms with E-state index in [1.54, 1.807) is 23.7 Å². The number of aliphatic imine (C=N–C) groups is 1. The van der Waals surface area contributed by atoms with Crippen LogP contribution in [0.15, 0.2) is 29.7 Å². The van der Waals surface area contributed by atoms with Crippen molar-refractivity contribution in [1.82, 2.24) is 15.3 Å². The van der Waals surface area contributed by atoms with Crippen LogP contribution in [0.3, 0.4) is 0 Å². The second-order valence-corrected chi connectivity index (χ2v) is 7.10. The van der Waals surface area contributed by atoms with Gasteiger partial charge in [-0.2, -0.15) is 0 Å². The fourth-order valence-electron chi connectivity index (χ4n) is 2.60. The van der Waals surface area contributed by atoms with Gasteiger partial charge in [-0.15, -0.1) is 11.3 Å². The van der Waals surface area contributed by atoms with Crippen LogP contribution in [0.1, 0.15) is 34.0 Å². The van der Waals surface area contributed by atoms with Crippen LogP contribution < -0.4 is 22.1 Å². The number of nitrogens with one attached hydrogen (secondary N) is 2. The van der Waals surface area contributed by atoms with Gasteiger partial charge in [-0.3, -0.25) is 4.99 Å². The maximum absolute atomic E-state index is 8.85. The molecule has 3 heterocycles. The average molecular weight is 385 g/mol. The Labute approximate surface area is 161 Å². The summed E-state index contributed by atoms with van der Waals surface area (Å²) in [7, 11) is 0. The van der Waals surface area contributed by atoms with E-state index in [0.717, 1.165) is 6.54 Å². The molecule has 27 heavy (non-hydrogen) atoms. The van der Waals surface area contributed by atoms with Crippen LogP contribution in [0.25, 0.3) is 11.6 Å². The Morgan fingerprint density at radius 3 is 3.15 bits per heavy atom. The molecule has 8 nitrogen and oxygen atoms in total. The molecule has 0 amide bonds. The number of fused-ring (bicyclic) bond motifs is 1. The molecule has 7 N–H and O–H groups in total. The van der Waals surface area contributed by atoms with Crippen LogP contribution in [-0.2, 0) is 6.54 Å². The minimum absolute atomic E-state index is 0.0224. The fraction of sp³-hybridized carbons (Fsp3) is 0.278. The van der Waals surface area contributed by atoms with Crippen molar-refractivity contribution in [3.05, 3.63) is 45.7 Å². The molecule has 2 aromatic rings. The first-order valence-electron chi connectivity index (χ1n) is 8.57. The number of nitrogens with zero attached hydrogens (tertiary/aromatic N) is 3. The highest BCUT2D eigenvalue weighted by molar-refractivity contribution is 7.13. The molecule has 0 radical (unpaired) electrons. The number of hydrogen-bond acceptors (Lipinski definition) is 9. The zero-order chi connectivity index (χ0) is 19.2. The molecule has 0 saturated heterocycles.